The van der Waals surface area contributed by atoms with Gasteiger partial charge in [0.15, 0.2) is 0 Å². The number of hydrogen-bond acceptors (Lipinski definition) is 4. The Morgan fingerprint density at radius 2 is 2.00 bits per heavy atom. The number of hydrogen-bond donors (Lipinski definition) is 1. The number of benzene rings is 1. The van der Waals surface area contributed by atoms with Crippen molar-refractivity contribution >= 4 is 12.0 Å². The van der Waals surface area contributed by atoms with E-state index in [9.17, 15) is 18.0 Å². The molecule has 8 heteroatoms. The van der Waals surface area contributed by atoms with Gasteiger partial charge in [0.1, 0.15) is 5.75 Å². The lowest BCUT2D eigenvalue weighted by atomic mass is 9.89. The molecule has 1 N–H and O–H groups in total. The van der Waals surface area contributed by atoms with Crippen LogP contribution in [0.3, 0.4) is 0 Å². The van der Waals surface area contributed by atoms with Crippen LogP contribution in [0.4, 0.5) is 13.2 Å². The van der Waals surface area contributed by atoms with Crippen LogP contribution in [0.5, 0.6) is 11.6 Å². The Morgan fingerprint density at radius 3 is 2.73 bits per heavy atom. The highest BCUT2D eigenvalue weighted by Crippen LogP contribution is 2.31. The van der Waals surface area contributed by atoms with Crippen molar-refractivity contribution in [2.24, 2.45) is 0 Å². The Labute approximate surface area is 189 Å². The summed E-state index contributed by atoms with van der Waals surface area (Å²) in [6.07, 6.45) is 5.12. The number of carbonyl (C=O) groups excluding carboxylic acids is 1. The number of halogens is 3. The first-order valence-corrected chi connectivity index (χ1v) is 10.6. The Kier molecular flexibility index (Phi) is 6.72. The minimum absolute atomic E-state index is 0.0495. The molecule has 1 amide bonds. The van der Waals surface area contributed by atoms with Gasteiger partial charge in [-0.05, 0) is 61.6 Å². The molecule has 2 heterocycles. The topological polar surface area (TPSA) is 64.1 Å². The second-order valence-electron chi connectivity index (χ2n) is 7.87. The number of amides is 1. The fourth-order valence-electron chi connectivity index (χ4n) is 3.75. The summed E-state index contributed by atoms with van der Waals surface area (Å²) in [7, 11) is 0. The summed E-state index contributed by atoms with van der Waals surface area (Å²) in [5.41, 5.74) is 1.84. The largest absolute Gasteiger partial charge is 0.439 e. The Hall–Kier alpha value is -3.68. The van der Waals surface area contributed by atoms with Gasteiger partial charge < -0.3 is 10.1 Å². The highest BCUT2D eigenvalue weighted by Gasteiger charge is 2.30. The number of ether oxygens (including phenoxy) is 1. The third-order valence-corrected chi connectivity index (χ3v) is 5.33. The average Bonchev–Trinajstić information content (AvgIpc) is 2.80. The van der Waals surface area contributed by atoms with Crippen molar-refractivity contribution in [3.63, 3.8) is 0 Å². The monoisotopic (exact) mass is 453 g/mol. The lowest BCUT2D eigenvalue weighted by Crippen LogP contribution is -2.36. The van der Waals surface area contributed by atoms with Crippen LogP contribution >= 0.6 is 0 Å². The summed E-state index contributed by atoms with van der Waals surface area (Å²) in [6.45, 7) is 0. The molecule has 33 heavy (non-hydrogen) atoms. The van der Waals surface area contributed by atoms with Gasteiger partial charge in [-0.15, -0.1) is 0 Å². The van der Waals surface area contributed by atoms with Crippen molar-refractivity contribution in [2.45, 2.75) is 37.9 Å². The minimum Gasteiger partial charge on any atom is -0.439 e. The highest BCUT2D eigenvalue weighted by atomic mass is 19.4. The first-order valence-electron chi connectivity index (χ1n) is 10.6. The van der Waals surface area contributed by atoms with E-state index >= 15 is 0 Å². The number of nitrogens with one attached hydrogen (secondary N) is 1. The molecule has 5 nitrogen and oxygen atoms in total. The van der Waals surface area contributed by atoms with Gasteiger partial charge in [-0.25, -0.2) is 4.98 Å². The molecule has 2 aromatic heterocycles. The molecule has 3 aromatic rings. The molecule has 0 bridgehead atoms. The Bertz CT molecular complexity index is 1130. The zero-order chi connectivity index (χ0) is 23.3. The van der Waals surface area contributed by atoms with Gasteiger partial charge in [-0.2, -0.15) is 13.2 Å². The zero-order valence-electron chi connectivity index (χ0n) is 17.7. The smallest absolute Gasteiger partial charge is 0.417 e. The van der Waals surface area contributed by atoms with Crippen LogP contribution in [0.15, 0.2) is 72.7 Å². The van der Waals surface area contributed by atoms with Crippen molar-refractivity contribution < 1.29 is 22.7 Å². The van der Waals surface area contributed by atoms with Crippen molar-refractivity contribution in [3.8, 4) is 11.6 Å². The number of carbonyl (C=O) groups is 1. The number of alkyl halides is 3. The van der Waals surface area contributed by atoms with Crippen molar-refractivity contribution in [1.82, 2.24) is 15.3 Å². The molecule has 1 atom stereocenters. The number of aromatic nitrogens is 2. The fraction of sp³-hybridized carbons (Fsp3) is 0.240. The normalized spacial score (nSPS) is 17.5. The van der Waals surface area contributed by atoms with Crippen LogP contribution in [0.25, 0.3) is 6.08 Å². The van der Waals surface area contributed by atoms with Gasteiger partial charge in [0, 0.05) is 30.7 Å². The Balaban J connectivity index is 1.40. The van der Waals surface area contributed by atoms with Crippen LogP contribution in [-0.4, -0.2) is 21.9 Å². The van der Waals surface area contributed by atoms with Crippen molar-refractivity contribution in [1.29, 1.82) is 0 Å². The summed E-state index contributed by atoms with van der Waals surface area (Å²) in [4.78, 5) is 20.1. The zero-order valence-corrected chi connectivity index (χ0v) is 17.7. The summed E-state index contributed by atoms with van der Waals surface area (Å²) < 4.78 is 43.7. The van der Waals surface area contributed by atoms with E-state index in [1.165, 1.54) is 11.6 Å². The van der Waals surface area contributed by atoms with E-state index in [1.807, 2.05) is 18.2 Å². The second kappa shape index (κ2) is 9.85. The molecule has 170 valence electrons. The maximum absolute atomic E-state index is 12.7. The first kappa shape index (κ1) is 22.5. The van der Waals surface area contributed by atoms with Crippen LogP contribution in [0.2, 0.25) is 0 Å². The van der Waals surface area contributed by atoms with Gasteiger partial charge in [-0.3, -0.25) is 9.78 Å². The van der Waals surface area contributed by atoms with E-state index in [1.54, 1.807) is 30.6 Å². The highest BCUT2D eigenvalue weighted by molar-refractivity contribution is 5.94. The average molecular weight is 453 g/mol. The molecule has 1 aromatic carbocycles. The van der Waals surface area contributed by atoms with E-state index in [0.717, 1.165) is 43.5 Å². The molecule has 0 radical (unpaired) electrons. The maximum atomic E-state index is 12.7. The van der Waals surface area contributed by atoms with E-state index in [-0.39, 0.29) is 17.8 Å². The van der Waals surface area contributed by atoms with E-state index in [2.05, 4.69) is 21.4 Å². The predicted octanol–water partition coefficient (Wildman–Crippen LogP) is 6.04. The van der Waals surface area contributed by atoms with Crippen LogP contribution in [0.1, 0.15) is 47.2 Å². The minimum atomic E-state index is -4.44. The molecule has 0 saturated heterocycles. The molecular weight excluding hydrogens is 431 g/mol. The predicted molar refractivity (Wildman–Crippen MR) is 118 cm³/mol. The molecular formula is C25H22F3N3O2. The van der Waals surface area contributed by atoms with Crippen LogP contribution in [0, 0.1) is 0 Å². The molecule has 1 unspecified atom stereocenters. The molecule has 1 saturated carbocycles. The van der Waals surface area contributed by atoms with E-state index in [0.29, 0.717) is 11.3 Å². The third-order valence-electron chi connectivity index (χ3n) is 5.33. The lowest BCUT2D eigenvalue weighted by molar-refractivity contribution is -0.137. The maximum Gasteiger partial charge on any atom is 0.417 e. The molecule has 4 rings (SSSR count). The van der Waals surface area contributed by atoms with Crippen LogP contribution < -0.4 is 10.1 Å². The summed E-state index contributed by atoms with van der Waals surface area (Å²) in [5.74, 6) is 0.436. The quantitative estimate of drug-likeness (QED) is 0.511. The van der Waals surface area contributed by atoms with Gasteiger partial charge >= 0.3 is 6.18 Å². The van der Waals surface area contributed by atoms with E-state index < -0.39 is 11.7 Å². The molecule has 1 aliphatic rings. The van der Waals surface area contributed by atoms with E-state index in [4.69, 9.17) is 4.74 Å². The van der Waals surface area contributed by atoms with Crippen molar-refractivity contribution in [2.75, 3.05) is 0 Å². The van der Waals surface area contributed by atoms with Gasteiger partial charge in [0.25, 0.3) is 5.91 Å². The molecule has 0 spiro atoms. The molecule has 1 fully saturated rings. The fourth-order valence-corrected chi connectivity index (χ4v) is 3.75. The summed E-state index contributed by atoms with van der Waals surface area (Å²) in [6, 6.07) is 12.9. The lowest BCUT2D eigenvalue weighted by Gasteiger charge is -2.25. The van der Waals surface area contributed by atoms with Gasteiger partial charge in [-0.1, -0.05) is 23.8 Å². The van der Waals surface area contributed by atoms with Gasteiger partial charge in [0.2, 0.25) is 5.88 Å². The first-order chi connectivity index (χ1) is 15.9. The SMILES string of the molecule is O=C(NC1CCCC(=Cc2cccc(Oc3ccc(C(F)(F)F)cn3)c2)C1)c1cccnc1. The van der Waals surface area contributed by atoms with Gasteiger partial charge in [0.05, 0.1) is 11.1 Å². The third kappa shape index (κ3) is 6.19. The van der Waals surface area contributed by atoms with Crippen molar-refractivity contribution in [3.05, 3.63) is 89.4 Å². The number of nitrogens with zero attached hydrogens (tertiary/aromatic N) is 2. The molecule has 1 aliphatic carbocycles. The number of rotatable bonds is 5. The number of pyridine rings is 2. The summed E-state index contributed by atoms with van der Waals surface area (Å²) >= 11 is 0. The Morgan fingerprint density at radius 1 is 1.12 bits per heavy atom. The summed E-state index contributed by atoms with van der Waals surface area (Å²) in [5, 5.41) is 3.08. The second-order valence-corrected chi connectivity index (χ2v) is 7.87. The molecule has 0 aliphatic heterocycles. The standard InChI is InChI=1S/C25H22F3N3O2/c26-25(27,28)20-9-10-23(30-16-20)33-22-8-2-5-18(14-22)12-17-4-1-7-21(13-17)31-24(32)19-6-3-11-29-15-19/h2-3,5-6,8-12,14-16,21H,1,4,7,13H2,(H,31,32). The van der Waals surface area contributed by atoms with Crippen LogP contribution in [-0.2, 0) is 6.18 Å².